The maximum absolute atomic E-state index is 11.4. The minimum atomic E-state index is -3.66. The number of hydrogen-bond donors (Lipinski definition) is 3. The summed E-state index contributed by atoms with van der Waals surface area (Å²) in [5.41, 5.74) is 0. The predicted octanol–water partition coefficient (Wildman–Crippen LogP) is 1.39. The van der Waals surface area contributed by atoms with Crippen LogP contribution in [0, 0.1) is 0 Å². The lowest BCUT2D eigenvalue weighted by Crippen LogP contribution is -2.44. The van der Waals surface area contributed by atoms with Crippen LogP contribution < -0.4 is 20.7 Å². The number of nitrogens with one attached hydrogen (secondary N) is 2. The van der Waals surface area contributed by atoms with Gasteiger partial charge in [-0.25, -0.2) is 18.5 Å². The van der Waals surface area contributed by atoms with Gasteiger partial charge in [0.05, 0.1) is 11.6 Å². The molecule has 4 N–H and O–H groups in total. The number of primary sulfonamides is 1. The number of nitrogens with two attached hydrogens (primary N) is 1. The van der Waals surface area contributed by atoms with Gasteiger partial charge >= 0.3 is 0 Å². The summed E-state index contributed by atoms with van der Waals surface area (Å²) in [5, 5.41) is 12.4. The molecule has 27 heavy (non-hydrogen) atoms. The van der Waals surface area contributed by atoms with Crippen molar-refractivity contribution in [3.05, 3.63) is 40.4 Å². The summed E-state index contributed by atoms with van der Waals surface area (Å²) in [4.78, 5) is 11.6. The van der Waals surface area contributed by atoms with Crippen molar-refractivity contribution in [1.29, 1.82) is 0 Å². The van der Waals surface area contributed by atoms with Gasteiger partial charge in [0.2, 0.25) is 10.0 Å². The Bertz CT molecular complexity index is 930. The fourth-order valence-corrected chi connectivity index (χ4v) is 4.80. The monoisotopic (exact) mass is 428 g/mol. The fraction of sp³-hybridized carbons (Fsp3) is 0.375. The molecule has 0 aromatic carbocycles. The van der Waals surface area contributed by atoms with Gasteiger partial charge in [-0.1, -0.05) is 11.6 Å². The number of thiophene rings is 1. The third kappa shape index (κ3) is 5.10. The van der Waals surface area contributed by atoms with Crippen LogP contribution in [-0.2, 0) is 16.6 Å². The van der Waals surface area contributed by atoms with Crippen molar-refractivity contribution in [3.63, 3.8) is 0 Å². The van der Waals surface area contributed by atoms with Gasteiger partial charge in [-0.3, -0.25) is 4.99 Å². The van der Waals surface area contributed by atoms with Crippen molar-refractivity contribution in [3.8, 4) is 0 Å². The molecule has 146 valence electrons. The van der Waals surface area contributed by atoms with Crippen LogP contribution in [0.4, 0.5) is 5.82 Å². The molecule has 0 radical (unpaired) electrons. The lowest BCUT2D eigenvalue weighted by molar-refractivity contribution is 0.600. The third-order valence-electron chi connectivity index (χ3n) is 4.14. The van der Waals surface area contributed by atoms with Crippen LogP contribution in [0.2, 0.25) is 5.02 Å². The number of pyridine rings is 1. The highest BCUT2D eigenvalue weighted by atomic mass is 35.5. The second-order valence-corrected chi connectivity index (χ2v) is 9.44. The van der Waals surface area contributed by atoms with E-state index in [4.69, 9.17) is 16.7 Å². The average Bonchev–Trinajstić information content (AvgIpc) is 3.28. The molecule has 0 aliphatic carbocycles. The molecule has 0 bridgehead atoms. The molecule has 1 aliphatic rings. The van der Waals surface area contributed by atoms with E-state index in [1.165, 1.54) is 6.07 Å². The molecule has 3 heterocycles. The van der Waals surface area contributed by atoms with Gasteiger partial charge in [0, 0.05) is 37.3 Å². The Labute approximate surface area is 167 Å². The smallest absolute Gasteiger partial charge is 0.247 e. The lowest BCUT2D eigenvalue weighted by atomic mass is 10.3. The average molecular weight is 429 g/mol. The normalized spacial score (nSPS) is 18.0. The number of aromatic nitrogens is 1. The summed E-state index contributed by atoms with van der Waals surface area (Å²) in [6.45, 7) is 2.09. The minimum absolute atomic E-state index is 0.154. The number of halogens is 1. The van der Waals surface area contributed by atoms with Gasteiger partial charge in [0.15, 0.2) is 5.96 Å². The molecule has 8 nitrogen and oxygen atoms in total. The molecule has 2 aromatic rings. The number of guanidine groups is 1. The Morgan fingerprint density at radius 3 is 2.96 bits per heavy atom. The zero-order valence-electron chi connectivity index (χ0n) is 14.7. The summed E-state index contributed by atoms with van der Waals surface area (Å²) < 4.78 is 22.9. The molecule has 0 amide bonds. The Balaban J connectivity index is 1.54. The molecule has 1 aliphatic heterocycles. The summed E-state index contributed by atoms with van der Waals surface area (Å²) in [6, 6.07) is 7.11. The van der Waals surface area contributed by atoms with Crippen molar-refractivity contribution in [1.82, 2.24) is 15.6 Å². The number of sulfonamides is 1. The van der Waals surface area contributed by atoms with Crippen molar-refractivity contribution in [2.45, 2.75) is 23.2 Å². The molecule has 1 fully saturated rings. The van der Waals surface area contributed by atoms with Crippen molar-refractivity contribution in [2.24, 2.45) is 10.1 Å². The van der Waals surface area contributed by atoms with E-state index in [0.29, 0.717) is 17.5 Å². The highest BCUT2D eigenvalue weighted by Crippen LogP contribution is 2.25. The van der Waals surface area contributed by atoms with E-state index in [2.05, 4.69) is 25.5 Å². The SMILES string of the molecule is CN=C(NCc1ccc(S(N)(=O)=O)s1)NC1CCN(c2ncccc2Cl)C1. The maximum atomic E-state index is 11.4. The number of rotatable bonds is 5. The molecule has 1 atom stereocenters. The van der Waals surface area contributed by atoms with Crippen LogP contribution in [0.5, 0.6) is 0 Å². The quantitative estimate of drug-likeness (QED) is 0.490. The molecule has 2 aromatic heterocycles. The van der Waals surface area contributed by atoms with Crippen molar-refractivity contribution >= 4 is 44.7 Å². The first kappa shape index (κ1) is 19.9. The summed E-state index contributed by atoms with van der Waals surface area (Å²) >= 11 is 7.37. The zero-order chi connectivity index (χ0) is 19.4. The topological polar surface area (TPSA) is 113 Å². The largest absolute Gasteiger partial charge is 0.353 e. The van der Waals surface area contributed by atoms with Crippen LogP contribution in [0.25, 0.3) is 0 Å². The van der Waals surface area contributed by atoms with Gasteiger partial charge in [-0.05, 0) is 30.7 Å². The second-order valence-electron chi connectivity index (χ2n) is 6.08. The molecule has 11 heteroatoms. The molecular weight excluding hydrogens is 408 g/mol. The first-order valence-corrected chi connectivity index (χ1v) is 11.0. The van der Waals surface area contributed by atoms with Crippen LogP contribution >= 0.6 is 22.9 Å². The van der Waals surface area contributed by atoms with E-state index in [1.807, 2.05) is 12.1 Å². The maximum Gasteiger partial charge on any atom is 0.247 e. The van der Waals surface area contributed by atoms with Gasteiger partial charge in [-0.15, -0.1) is 11.3 Å². The van der Waals surface area contributed by atoms with E-state index >= 15 is 0 Å². The molecule has 3 rings (SSSR count). The first-order valence-electron chi connectivity index (χ1n) is 8.31. The zero-order valence-corrected chi connectivity index (χ0v) is 17.1. The molecule has 1 unspecified atom stereocenters. The Morgan fingerprint density at radius 2 is 2.30 bits per heavy atom. The first-order chi connectivity index (χ1) is 12.9. The van der Waals surface area contributed by atoms with Crippen LogP contribution in [0.15, 0.2) is 39.7 Å². The standard InChI is InChI=1S/C16H21ClN6O2S2/c1-19-16(21-9-12-4-5-14(26-12)27(18,24)25)22-11-6-8-23(10-11)15-13(17)3-2-7-20-15/h2-5,7,11H,6,8-10H2,1H3,(H2,18,24,25)(H2,19,21,22). The summed E-state index contributed by atoms with van der Waals surface area (Å²) in [7, 11) is -1.96. The van der Waals surface area contributed by atoms with Gasteiger partial charge in [0.25, 0.3) is 0 Å². The van der Waals surface area contributed by atoms with Gasteiger partial charge in [-0.2, -0.15) is 0 Å². The number of anilines is 1. The third-order valence-corrected chi connectivity index (χ3v) is 6.96. The summed E-state index contributed by atoms with van der Waals surface area (Å²) in [6.07, 6.45) is 2.67. The second kappa shape index (κ2) is 8.42. The predicted molar refractivity (Wildman–Crippen MR) is 109 cm³/mol. The van der Waals surface area contributed by atoms with Crippen LogP contribution in [0.3, 0.4) is 0 Å². The van der Waals surface area contributed by atoms with E-state index in [0.717, 1.165) is 41.5 Å². The Hall–Kier alpha value is -1.88. The van der Waals surface area contributed by atoms with E-state index < -0.39 is 10.0 Å². The van der Waals surface area contributed by atoms with E-state index in [-0.39, 0.29) is 10.3 Å². The number of hydrogen-bond acceptors (Lipinski definition) is 6. The Morgan fingerprint density at radius 1 is 1.48 bits per heavy atom. The highest BCUT2D eigenvalue weighted by Gasteiger charge is 2.25. The van der Waals surface area contributed by atoms with Crippen molar-refractivity contribution < 1.29 is 8.42 Å². The molecular formula is C16H21ClN6O2S2. The number of nitrogens with zero attached hydrogens (tertiary/aromatic N) is 3. The molecule has 1 saturated heterocycles. The van der Waals surface area contributed by atoms with E-state index in [9.17, 15) is 8.42 Å². The van der Waals surface area contributed by atoms with Gasteiger partial charge in [0.1, 0.15) is 10.0 Å². The minimum Gasteiger partial charge on any atom is -0.353 e. The van der Waals surface area contributed by atoms with Crippen molar-refractivity contribution in [2.75, 3.05) is 25.0 Å². The summed E-state index contributed by atoms with van der Waals surface area (Å²) in [5.74, 6) is 1.44. The Kier molecular flexibility index (Phi) is 6.20. The van der Waals surface area contributed by atoms with Crippen LogP contribution in [0.1, 0.15) is 11.3 Å². The van der Waals surface area contributed by atoms with Gasteiger partial charge < -0.3 is 15.5 Å². The molecule has 0 saturated carbocycles. The fourth-order valence-electron chi connectivity index (χ4n) is 2.85. The van der Waals surface area contributed by atoms with E-state index in [1.54, 1.807) is 19.3 Å². The highest BCUT2D eigenvalue weighted by molar-refractivity contribution is 7.91. The lowest BCUT2D eigenvalue weighted by Gasteiger charge is -2.20. The molecule has 0 spiro atoms. The van der Waals surface area contributed by atoms with Crippen LogP contribution in [-0.4, -0.2) is 45.5 Å². The number of aliphatic imine (C=N–C) groups is 1.